The number of rotatable bonds is 11. The summed E-state index contributed by atoms with van der Waals surface area (Å²) in [6.45, 7) is 15.5. The Morgan fingerprint density at radius 3 is 2.58 bits per heavy atom. The van der Waals surface area contributed by atoms with E-state index >= 15 is 0 Å². The summed E-state index contributed by atoms with van der Waals surface area (Å²) in [7, 11) is 0. The molecule has 0 saturated heterocycles. The number of imidazole rings is 1. The molecule has 6 nitrogen and oxygen atoms in total. The van der Waals surface area contributed by atoms with Crippen LogP contribution in [-0.4, -0.2) is 38.7 Å². The topological polar surface area (TPSA) is 70.4 Å². The molecule has 1 rings (SSSR count). The second kappa shape index (κ2) is 11.4. The summed E-state index contributed by atoms with van der Waals surface area (Å²) in [5.74, 6) is 0.899. The molecule has 0 aliphatic rings. The van der Waals surface area contributed by atoms with Crippen molar-refractivity contribution >= 4 is 18.2 Å². The molecule has 0 bridgehead atoms. The zero-order chi connectivity index (χ0) is 19.5. The third kappa shape index (κ3) is 6.28. The maximum atomic E-state index is 11.0. The van der Waals surface area contributed by atoms with E-state index in [0.29, 0.717) is 5.92 Å². The van der Waals surface area contributed by atoms with Crippen molar-refractivity contribution in [2.24, 2.45) is 5.92 Å². The highest BCUT2D eigenvalue weighted by Crippen LogP contribution is 2.18. The lowest BCUT2D eigenvalue weighted by Crippen LogP contribution is -2.29. The van der Waals surface area contributed by atoms with Crippen LogP contribution in [0.3, 0.4) is 0 Å². The maximum absolute atomic E-state index is 11.0. The van der Waals surface area contributed by atoms with Gasteiger partial charge in [-0.05, 0) is 25.5 Å². The molecule has 0 unspecified atom stereocenters. The van der Waals surface area contributed by atoms with Crippen molar-refractivity contribution in [2.75, 3.05) is 13.1 Å². The minimum absolute atomic E-state index is 0.571. The number of carbonyl (C=O) groups is 1. The molecule has 0 aliphatic carbocycles. The first kappa shape index (κ1) is 21.9. The van der Waals surface area contributed by atoms with E-state index < -0.39 is 5.91 Å². The van der Waals surface area contributed by atoms with Crippen molar-refractivity contribution in [3.05, 3.63) is 42.0 Å². The predicted octanol–water partition coefficient (Wildman–Crippen LogP) is 3.62. The number of hydroxylamine groups is 1. The van der Waals surface area contributed by atoms with Gasteiger partial charge in [0.25, 0.3) is 5.91 Å². The molecule has 0 spiro atoms. The Balaban J connectivity index is 2.97. The first-order valence-corrected chi connectivity index (χ1v) is 9.21. The molecule has 0 saturated carbocycles. The first-order chi connectivity index (χ1) is 12.5. The summed E-state index contributed by atoms with van der Waals surface area (Å²) in [5, 5.41) is 8.47. The van der Waals surface area contributed by atoms with Gasteiger partial charge in [-0.1, -0.05) is 52.3 Å². The number of carbonyl (C=O) groups excluding carboxylic acids is 1. The Morgan fingerprint density at radius 2 is 2.04 bits per heavy atom. The maximum Gasteiger partial charge on any atom is 0.267 e. The summed E-state index contributed by atoms with van der Waals surface area (Å²) in [4.78, 5) is 18.0. The van der Waals surface area contributed by atoms with Crippen molar-refractivity contribution in [3.8, 4) is 0 Å². The molecule has 6 heteroatoms. The van der Waals surface area contributed by atoms with Crippen molar-refractivity contribution in [2.45, 2.75) is 47.1 Å². The van der Waals surface area contributed by atoms with Gasteiger partial charge in [0.1, 0.15) is 5.82 Å². The van der Waals surface area contributed by atoms with E-state index in [1.54, 1.807) is 23.8 Å². The van der Waals surface area contributed by atoms with Crippen LogP contribution in [0.4, 0.5) is 0 Å². The standard InChI is InChI=1S/C20H32N4O2/c1-6-17(7-2)14-23(8-3)15-18-16(5)21-19(24(18)9-4)12-10-11-13-20(25)22-26/h9-13,17,26H,4,6-8,14-15H2,1-3,5H3,(H,22,25)/b12-10+,13-11+. The van der Waals surface area contributed by atoms with Crippen LogP contribution >= 0.6 is 0 Å². The molecule has 0 aromatic carbocycles. The molecule has 2 N–H and O–H groups in total. The number of aromatic nitrogens is 2. The summed E-state index contributed by atoms with van der Waals surface area (Å²) < 4.78 is 1.99. The average Bonchev–Trinajstić information content (AvgIpc) is 2.96. The Morgan fingerprint density at radius 1 is 1.35 bits per heavy atom. The largest absolute Gasteiger partial charge is 0.303 e. The van der Waals surface area contributed by atoms with Gasteiger partial charge >= 0.3 is 0 Å². The molecule has 144 valence electrons. The molecular weight excluding hydrogens is 328 g/mol. The van der Waals surface area contributed by atoms with Crippen LogP contribution in [0.1, 0.15) is 50.8 Å². The van der Waals surface area contributed by atoms with Gasteiger partial charge < -0.3 is 4.57 Å². The Kier molecular flexibility index (Phi) is 9.62. The zero-order valence-electron chi connectivity index (χ0n) is 16.4. The van der Waals surface area contributed by atoms with E-state index in [9.17, 15) is 4.79 Å². The van der Waals surface area contributed by atoms with Crippen molar-refractivity contribution in [3.63, 3.8) is 0 Å². The van der Waals surface area contributed by atoms with E-state index in [-0.39, 0.29) is 0 Å². The van der Waals surface area contributed by atoms with Crippen LogP contribution in [0, 0.1) is 12.8 Å². The SMILES string of the molecule is C=Cn1c(/C=C/C=C/C(=O)NO)nc(C)c1CN(CC)CC(CC)CC. The van der Waals surface area contributed by atoms with Crippen molar-refractivity contribution < 1.29 is 10.0 Å². The summed E-state index contributed by atoms with van der Waals surface area (Å²) in [6, 6.07) is 0. The smallest absolute Gasteiger partial charge is 0.267 e. The Bertz CT molecular complexity index is 642. The lowest BCUT2D eigenvalue weighted by molar-refractivity contribution is -0.124. The fourth-order valence-corrected chi connectivity index (χ4v) is 2.87. The molecule has 1 amide bonds. The van der Waals surface area contributed by atoms with E-state index in [1.165, 1.54) is 18.9 Å². The van der Waals surface area contributed by atoms with Crippen LogP contribution in [0.2, 0.25) is 0 Å². The number of nitrogens with one attached hydrogen (secondary N) is 1. The molecule has 0 fully saturated rings. The van der Waals surface area contributed by atoms with Crippen LogP contribution in [0.5, 0.6) is 0 Å². The fourth-order valence-electron chi connectivity index (χ4n) is 2.87. The number of aryl methyl sites for hydroxylation is 1. The van der Waals surface area contributed by atoms with Crippen LogP contribution < -0.4 is 5.48 Å². The van der Waals surface area contributed by atoms with E-state index in [0.717, 1.165) is 36.8 Å². The number of hydrogen-bond acceptors (Lipinski definition) is 4. The highest BCUT2D eigenvalue weighted by molar-refractivity contribution is 5.86. The summed E-state index contributed by atoms with van der Waals surface area (Å²) in [6.07, 6.45) is 10.5. The highest BCUT2D eigenvalue weighted by Gasteiger charge is 2.16. The molecule has 1 aromatic rings. The van der Waals surface area contributed by atoms with E-state index in [1.807, 2.05) is 17.6 Å². The molecule has 26 heavy (non-hydrogen) atoms. The van der Waals surface area contributed by atoms with Crippen molar-refractivity contribution in [1.29, 1.82) is 0 Å². The number of nitrogens with zero attached hydrogens (tertiary/aromatic N) is 3. The van der Waals surface area contributed by atoms with Gasteiger partial charge in [0.2, 0.25) is 0 Å². The molecular formula is C20H32N4O2. The fraction of sp³-hybridized carbons (Fsp3) is 0.500. The van der Waals surface area contributed by atoms with E-state index in [4.69, 9.17) is 5.21 Å². The molecule has 0 aliphatic heterocycles. The normalized spacial score (nSPS) is 12.0. The zero-order valence-corrected chi connectivity index (χ0v) is 16.4. The van der Waals surface area contributed by atoms with Gasteiger partial charge in [0, 0.05) is 25.4 Å². The van der Waals surface area contributed by atoms with Gasteiger partial charge in [-0.25, -0.2) is 10.5 Å². The Hall–Kier alpha value is -2.18. The quantitative estimate of drug-likeness (QED) is 0.274. The lowest BCUT2D eigenvalue weighted by atomic mass is 10.0. The second-order valence-electron chi connectivity index (χ2n) is 6.26. The number of allylic oxidation sites excluding steroid dienone is 2. The lowest BCUT2D eigenvalue weighted by Gasteiger charge is -2.25. The van der Waals surface area contributed by atoms with Gasteiger partial charge in [-0.2, -0.15) is 0 Å². The number of amides is 1. The van der Waals surface area contributed by atoms with Crippen LogP contribution in [0.15, 0.2) is 24.8 Å². The minimum Gasteiger partial charge on any atom is -0.303 e. The van der Waals surface area contributed by atoms with Crippen LogP contribution in [-0.2, 0) is 11.3 Å². The molecule has 0 atom stereocenters. The summed E-state index contributed by atoms with van der Waals surface area (Å²) >= 11 is 0. The molecule has 0 radical (unpaired) electrons. The van der Waals surface area contributed by atoms with Gasteiger partial charge in [0.05, 0.1) is 11.4 Å². The third-order valence-corrected chi connectivity index (χ3v) is 4.63. The highest BCUT2D eigenvalue weighted by atomic mass is 16.5. The van der Waals surface area contributed by atoms with Crippen LogP contribution in [0.25, 0.3) is 12.3 Å². The predicted molar refractivity (Wildman–Crippen MR) is 106 cm³/mol. The van der Waals surface area contributed by atoms with Crippen molar-refractivity contribution in [1.82, 2.24) is 19.9 Å². The van der Waals surface area contributed by atoms with Gasteiger partial charge in [0.15, 0.2) is 0 Å². The molecule has 1 aromatic heterocycles. The van der Waals surface area contributed by atoms with E-state index in [2.05, 4.69) is 37.2 Å². The monoisotopic (exact) mass is 360 g/mol. The van der Waals surface area contributed by atoms with Gasteiger partial charge in [-0.15, -0.1) is 0 Å². The minimum atomic E-state index is -0.571. The second-order valence-corrected chi connectivity index (χ2v) is 6.26. The first-order valence-electron chi connectivity index (χ1n) is 9.21. The average molecular weight is 361 g/mol. The third-order valence-electron chi connectivity index (χ3n) is 4.63. The molecule has 1 heterocycles. The Labute approximate surface area is 156 Å². The summed E-state index contributed by atoms with van der Waals surface area (Å²) in [5.41, 5.74) is 3.66. The number of hydrogen-bond donors (Lipinski definition) is 2. The van der Waals surface area contributed by atoms with Gasteiger partial charge in [-0.3, -0.25) is 14.9 Å².